The van der Waals surface area contributed by atoms with Crippen LogP contribution in [0.1, 0.15) is 98.3 Å². The highest BCUT2D eigenvalue weighted by Gasteiger charge is 2.23. The first-order valence-electron chi connectivity index (χ1n) is 10.9. The van der Waals surface area contributed by atoms with Crippen LogP contribution >= 0.6 is 0 Å². The van der Waals surface area contributed by atoms with E-state index in [1.807, 2.05) is 0 Å². The quantitative estimate of drug-likeness (QED) is 0.402. The van der Waals surface area contributed by atoms with Crippen LogP contribution in [0.4, 0.5) is 0 Å². The zero-order valence-corrected chi connectivity index (χ0v) is 17.2. The second-order valence-corrected chi connectivity index (χ2v) is 8.94. The van der Waals surface area contributed by atoms with Crippen LogP contribution in [0.5, 0.6) is 0 Å². The van der Waals surface area contributed by atoms with Gasteiger partial charge >= 0.3 is 0 Å². The second kappa shape index (κ2) is 10.3. The molecule has 1 nitrogen and oxygen atoms in total. The van der Waals surface area contributed by atoms with Crippen molar-refractivity contribution in [2.45, 2.75) is 98.3 Å². The van der Waals surface area contributed by atoms with Crippen molar-refractivity contribution < 1.29 is 4.79 Å². The van der Waals surface area contributed by atoms with Gasteiger partial charge in [-0.15, -0.1) is 0 Å². The van der Waals surface area contributed by atoms with Gasteiger partial charge in [-0.2, -0.15) is 0 Å². The molecule has 2 aliphatic carbocycles. The van der Waals surface area contributed by atoms with Crippen LogP contribution in [0.25, 0.3) is 0 Å². The highest BCUT2D eigenvalue weighted by Crippen LogP contribution is 2.36. The lowest BCUT2D eigenvalue weighted by Crippen LogP contribution is -2.18. The average Bonchev–Trinajstić information content (AvgIpc) is 2.62. The Morgan fingerprint density at radius 1 is 1.12 bits per heavy atom. The molecule has 0 spiro atoms. The molecule has 0 amide bonds. The van der Waals surface area contributed by atoms with Gasteiger partial charge in [0.15, 0.2) is 0 Å². The van der Waals surface area contributed by atoms with E-state index in [0.717, 1.165) is 43.4 Å². The third-order valence-electron chi connectivity index (χ3n) is 6.67. The lowest BCUT2D eigenvalue weighted by molar-refractivity contribution is -0.118. The lowest BCUT2D eigenvalue weighted by atomic mass is 9.75. The third-order valence-corrected chi connectivity index (χ3v) is 6.67. The predicted molar refractivity (Wildman–Crippen MR) is 109 cm³/mol. The molecule has 0 saturated carbocycles. The molecule has 0 aromatic heterocycles. The molecule has 1 heteroatoms. The minimum atomic E-state index is 0.461. The number of hydrogen-bond donors (Lipinski definition) is 0. The van der Waals surface area contributed by atoms with E-state index in [1.54, 1.807) is 5.57 Å². The van der Waals surface area contributed by atoms with Gasteiger partial charge in [-0.3, -0.25) is 4.79 Å². The summed E-state index contributed by atoms with van der Waals surface area (Å²) in [4.78, 5) is 12.3. The predicted octanol–water partition coefficient (Wildman–Crippen LogP) is 7.27. The Morgan fingerprint density at radius 2 is 1.84 bits per heavy atom. The van der Waals surface area contributed by atoms with Crippen molar-refractivity contribution in [1.29, 1.82) is 0 Å². The normalized spacial score (nSPS) is 28.2. The largest absolute Gasteiger partial charge is 0.299 e. The van der Waals surface area contributed by atoms with Gasteiger partial charge in [-0.1, -0.05) is 63.8 Å². The van der Waals surface area contributed by atoms with Crippen molar-refractivity contribution >= 4 is 5.78 Å². The molecule has 142 valence electrons. The summed E-state index contributed by atoms with van der Waals surface area (Å²) in [5.74, 6) is 3.70. The van der Waals surface area contributed by atoms with Crippen LogP contribution < -0.4 is 0 Å². The van der Waals surface area contributed by atoms with E-state index in [9.17, 15) is 4.79 Å². The Balaban J connectivity index is 1.70. The van der Waals surface area contributed by atoms with Crippen LogP contribution in [-0.4, -0.2) is 5.78 Å². The number of rotatable bonds is 9. The first-order valence-corrected chi connectivity index (χ1v) is 10.9. The van der Waals surface area contributed by atoms with E-state index in [1.165, 1.54) is 50.5 Å². The maximum atomic E-state index is 12.3. The number of hydrogen-bond acceptors (Lipinski definition) is 1. The van der Waals surface area contributed by atoms with E-state index in [0.29, 0.717) is 11.7 Å². The summed E-state index contributed by atoms with van der Waals surface area (Å²) in [6.45, 7) is 9.33. The van der Waals surface area contributed by atoms with Crippen LogP contribution in [0.2, 0.25) is 0 Å². The second-order valence-electron chi connectivity index (χ2n) is 8.94. The van der Waals surface area contributed by atoms with Crippen LogP contribution in [0.3, 0.4) is 0 Å². The zero-order chi connectivity index (χ0) is 18.2. The minimum absolute atomic E-state index is 0.461. The fourth-order valence-corrected chi connectivity index (χ4v) is 4.72. The molecular formula is C24H40O. The molecule has 0 saturated heterocycles. The van der Waals surface area contributed by atoms with Gasteiger partial charge in [0.25, 0.3) is 0 Å². The maximum absolute atomic E-state index is 12.3. The van der Waals surface area contributed by atoms with E-state index in [-0.39, 0.29) is 0 Å². The van der Waals surface area contributed by atoms with Crippen LogP contribution in [0.15, 0.2) is 23.3 Å². The average molecular weight is 345 g/mol. The van der Waals surface area contributed by atoms with Gasteiger partial charge in [0.05, 0.1) is 0 Å². The number of ketones is 1. The number of carbonyl (C=O) groups is 1. The monoisotopic (exact) mass is 344 g/mol. The molecule has 0 aliphatic heterocycles. The molecule has 2 unspecified atom stereocenters. The SMILES string of the molecule is CCC1CC=C(C[C@@H](C)CCC(=O)CC2=CC[C@H](C)CC2)CC1CC. The highest BCUT2D eigenvalue weighted by atomic mass is 16.1. The molecule has 0 bridgehead atoms. The summed E-state index contributed by atoms with van der Waals surface area (Å²) in [6, 6.07) is 0. The summed E-state index contributed by atoms with van der Waals surface area (Å²) in [5, 5.41) is 0. The van der Waals surface area contributed by atoms with Gasteiger partial charge in [-0.25, -0.2) is 0 Å². The summed E-state index contributed by atoms with van der Waals surface area (Å²) < 4.78 is 0. The van der Waals surface area contributed by atoms with Crippen molar-refractivity contribution in [3.8, 4) is 0 Å². The number of allylic oxidation sites excluding steroid dienone is 4. The van der Waals surface area contributed by atoms with Gasteiger partial charge < -0.3 is 0 Å². The fraction of sp³-hybridized carbons (Fsp3) is 0.792. The van der Waals surface area contributed by atoms with Gasteiger partial charge in [0, 0.05) is 12.8 Å². The Hall–Kier alpha value is -0.850. The topological polar surface area (TPSA) is 17.1 Å². The van der Waals surface area contributed by atoms with Gasteiger partial charge in [0.2, 0.25) is 0 Å². The molecule has 2 aliphatic rings. The van der Waals surface area contributed by atoms with Crippen molar-refractivity contribution in [3.63, 3.8) is 0 Å². The van der Waals surface area contributed by atoms with E-state index in [2.05, 4.69) is 39.8 Å². The molecule has 25 heavy (non-hydrogen) atoms. The van der Waals surface area contributed by atoms with Crippen molar-refractivity contribution in [2.75, 3.05) is 0 Å². The van der Waals surface area contributed by atoms with Crippen molar-refractivity contribution in [2.24, 2.45) is 23.7 Å². The lowest BCUT2D eigenvalue weighted by Gasteiger charge is -2.31. The van der Waals surface area contributed by atoms with Gasteiger partial charge in [0.1, 0.15) is 5.78 Å². The molecule has 0 aromatic carbocycles. The Labute approximate surface area is 156 Å². The van der Waals surface area contributed by atoms with Crippen LogP contribution in [-0.2, 0) is 4.79 Å². The van der Waals surface area contributed by atoms with E-state index in [4.69, 9.17) is 0 Å². The maximum Gasteiger partial charge on any atom is 0.136 e. The molecule has 0 aromatic rings. The standard InChI is InChI=1S/C24H40O/c1-5-22-13-12-21(16-23(22)6-2)15-19(4)9-14-24(25)17-20-10-7-18(3)8-11-20/h10,12,18-19,22-23H,5-9,11,13-17H2,1-4H3/t18-,19-,22?,23?/m0/s1. The first-order chi connectivity index (χ1) is 12.0. The van der Waals surface area contributed by atoms with Crippen LogP contribution in [0, 0.1) is 23.7 Å². The summed E-state index contributed by atoms with van der Waals surface area (Å²) in [6.07, 6.45) is 17.4. The van der Waals surface area contributed by atoms with Crippen molar-refractivity contribution in [3.05, 3.63) is 23.3 Å². The number of Topliss-reactive ketones (excluding diaryl/α,β-unsaturated/α-hetero) is 1. The fourth-order valence-electron chi connectivity index (χ4n) is 4.72. The third kappa shape index (κ3) is 6.76. The first kappa shape index (κ1) is 20.5. The minimum Gasteiger partial charge on any atom is -0.299 e. The Morgan fingerprint density at radius 3 is 2.48 bits per heavy atom. The molecule has 0 radical (unpaired) electrons. The van der Waals surface area contributed by atoms with E-state index < -0.39 is 0 Å². The molecule has 0 N–H and O–H groups in total. The number of carbonyl (C=O) groups excluding carboxylic acids is 1. The Bertz CT molecular complexity index is 484. The molecule has 2 rings (SSSR count). The van der Waals surface area contributed by atoms with E-state index >= 15 is 0 Å². The summed E-state index contributed by atoms with van der Waals surface area (Å²) in [5.41, 5.74) is 3.07. The smallest absolute Gasteiger partial charge is 0.136 e. The molecule has 0 fully saturated rings. The zero-order valence-electron chi connectivity index (χ0n) is 17.2. The summed E-state index contributed by atoms with van der Waals surface area (Å²) >= 11 is 0. The Kier molecular flexibility index (Phi) is 8.46. The molecule has 0 heterocycles. The molecular weight excluding hydrogens is 304 g/mol. The highest BCUT2D eigenvalue weighted by molar-refractivity contribution is 5.80. The molecule has 4 atom stereocenters. The van der Waals surface area contributed by atoms with Gasteiger partial charge in [-0.05, 0) is 68.6 Å². The summed E-state index contributed by atoms with van der Waals surface area (Å²) in [7, 11) is 0. The van der Waals surface area contributed by atoms with Crippen molar-refractivity contribution in [1.82, 2.24) is 0 Å².